The smallest absolute Gasteiger partial charge is 0.148 e. The number of anilines is 2. The number of rotatable bonds is 12. The minimum absolute atomic E-state index is 0.0680. The van der Waals surface area contributed by atoms with Gasteiger partial charge in [0, 0.05) is 35.9 Å². The Kier molecular flexibility index (Phi) is 8.82. The number of nitrogens with zero attached hydrogens (tertiary/aromatic N) is 2. The summed E-state index contributed by atoms with van der Waals surface area (Å²) in [6, 6.07) is 21.3. The summed E-state index contributed by atoms with van der Waals surface area (Å²) in [6.45, 7) is 1.13. The number of hydrogen-bond donors (Lipinski definition) is 2. The van der Waals surface area contributed by atoms with Crippen molar-refractivity contribution in [3.8, 4) is 17.1 Å². The molecule has 3 aromatic carbocycles. The summed E-state index contributed by atoms with van der Waals surface area (Å²) >= 11 is 6.49. The van der Waals surface area contributed by atoms with E-state index in [4.69, 9.17) is 20.8 Å². The molecule has 0 saturated carbocycles. The highest BCUT2D eigenvalue weighted by Crippen LogP contribution is 2.32. The molecule has 0 aliphatic heterocycles. The molecule has 0 radical (unpaired) electrons. The molecule has 2 aromatic heterocycles. The molecule has 8 nitrogen and oxygen atoms in total. The van der Waals surface area contributed by atoms with Crippen LogP contribution in [0.15, 0.2) is 83.5 Å². The van der Waals surface area contributed by atoms with Crippen molar-refractivity contribution in [1.29, 1.82) is 0 Å². The molecular weight excluding hydrogens is 567 g/mol. The predicted molar refractivity (Wildman–Crippen MR) is 159 cm³/mol. The Morgan fingerprint density at radius 2 is 1.90 bits per heavy atom. The van der Waals surface area contributed by atoms with E-state index in [2.05, 4.69) is 20.6 Å². The summed E-state index contributed by atoms with van der Waals surface area (Å²) in [4.78, 5) is 8.82. The number of fused-ring (bicyclic) bond motifs is 1. The zero-order valence-corrected chi connectivity index (χ0v) is 23.8. The van der Waals surface area contributed by atoms with Gasteiger partial charge in [0.05, 0.1) is 29.4 Å². The summed E-state index contributed by atoms with van der Waals surface area (Å²) in [6.07, 6.45) is 3.26. The maximum Gasteiger partial charge on any atom is 0.148 e. The number of nitrogens with one attached hydrogen (secondary N) is 2. The average molecular weight is 595 g/mol. The van der Waals surface area contributed by atoms with Crippen molar-refractivity contribution in [2.24, 2.45) is 0 Å². The second kappa shape index (κ2) is 12.7. The van der Waals surface area contributed by atoms with Crippen LogP contribution in [0.5, 0.6) is 5.75 Å². The van der Waals surface area contributed by atoms with Crippen LogP contribution in [-0.2, 0) is 22.8 Å². The van der Waals surface area contributed by atoms with Gasteiger partial charge in [-0.25, -0.2) is 22.8 Å². The van der Waals surface area contributed by atoms with Crippen LogP contribution in [0.2, 0.25) is 5.02 Å². The fourth-order valence-corrected chi connectivity index (χ4v) is 4.96. The van der Waals surface area contributed by atoms with Gasteiger partial charge in [0.2, 0.25) is 0 Å². The molecule has 0 saturated heterocycles. The molecule has 41 heavy (non-hydrogen) atoms. The molecule has 0 unspecified atom stereocenters. The van der Waals surface area contributed by atoms with Gasteiger partial charge in [-0.05, 0) is 66.2 Å². The molecule has 212 valence electrons. The summed E-state index contributed by atoms with van der Waals surface area (Å²) < 4.78 is 47.8. The first-order valence-electron chi connectivity index (χ1n) is 12.9. The highest BCUT2D eigenvalue weighted by atomic mass is 35.5. The van der Waals surface area contributed by atoms with Crippen molar-refractivity contribution < 1.29 is 22.0 Å². The molecule has 0 aliphatic rings. The summed E-state index contributed by atoms with van der Waals surface area (Å²) in [5.74, 6) is 2.29. The van der Waals surface area contributed by atoms with Crippen LogP contribution in [0.25, 0.3) is 22.2 Å². The standard InChI is InChI=1S/C30H28ClFN4O4S/c1-41(37,38)14-12-33-18-24-7-10-28(40-24)21-5-8-27-25(16-21)30(35-19-34-27)36-23-6-9-29(26(31)17-23)39-13-11-20-3-2-4-22(32)15-20/h2-10,15-17,19,33H,11-14,18H2,1H3,(H,34,35,36). The third-order valence-electron chi connectivity index (χ3n) is 6.26. The Labute approximate surface area is 242 Å². The zero-order chi connectivity index (χ0) is 28.8. The molecule has 11 heteroatoms. The summed E-state index contributed by atoms with van der Waals surface area (Å²) in [7, 11) is -3.02. The fraction of sp³-hybridized carbons (Fsp3) is 0.200. The topological polar surface area (TPSA) is 106 Å². The van der Waals surface area contributed by atoms with E-state index >= 15 is 0 Å². The first-order valence-corrected chi connectivity index (χ1v) is 15.3. The summed E-state index contributed by atoms with van der Waals surface area (Å²) in [5, 5.41) is 7.62. The first kappa shape index (κ1) is 28.5. The van der Waals surface area contributed by atoms with E-state index in [0.29, 0.717) is 54.2 Å². The quantitative estimate of drug-likeness (QED) is 0.165. The maximum absolute atomic E-state index is 13.4. The molecule has 0 bridgehead atoms. The largest absolute Gasteiger partial charge is 0.492 e. The molecule has 2 heterocycles. The van der Waals surface area contributed by atoms with E-state index < -0.39 is 9.84 Å². The average Bonchev–Trinajstić information content (AvgIpc) is 3.41. The van der Waals surface area contributed by atoms with Crippen molar-refractivity contribution in [2.75, 3.05) is 30.5 Å². The third kappa shape index (κ3) is 7.81. The lowest BCUT2D eigenvalue weighted by Crippen LogP contribution is -2.21. The Morgan fingerprint density at radius 3 is 2.71 bits per heavy atom. The maximum atomic E-state index is 13.4. The van der Waals surface area contributed by atoms with Gasteiger partial charge >= 0.3 is 0 Å². The van der Waals surface area contributed by atoms with E-state index in [1.165, 1.54) is 24.7 Å². The second-order valence-electron chi connectivity index (χ2n) is 9.53. The van der Waals surface area contributed by atoms with Crippen LogP contribution in [0.3, 0.4) is 0 Å². The van der Waals surface area contributed by atoms with Crippen LogP contribution in [0.1, 0.15) is 11.3 Å². The lowest BCUT2D eigenvalue weighted by molar-refractivity contribution is 0.322. The number of hydrogen-bond acceptors (Lipinski definition) is 8. The molecule has 0 fully saturated rings. The zero-order valence-electron chi connectivity index (χ0n) is 22.2. The van der Waals surface area contributed by atoms with Crippen LogP contribution in [0.4, 0.5) is 15.9 Å². The molecule has 5 rings (SSSR count). The Morgan fingerprint density at radius 1 is 1.02 bits per heavy atom. The normalized spacial score (nSPS) is 11.6. The molecule has 0 spiro atoms. The molecule has 0 atom stereocenters. The van der Waals surface area contributed by atoms with E-state index in [1.807, 2.05) is 42.5 Å². The lowest BCUT2D eigenvalue weighted by atomic mass is 10.1. The molecular formula is C30H28ClFN4O4S. The van der Waals surface area contributed by atoms with Crippen molar-refractivity contribution >= 4 is 43.8 Å². The van der Waals surface area contributed by atoms with E-state index in [1.54, 1.807) is 18.2 Å². The SMILES string of the molecule is CS(=O)(=O)CCNCc1ccc(-c2ccc3ncnc(Nc4ccc(OCCc5cccc(F)c5)c(Cl)c4)c3c2)o1. The highest BCUT2D eigenvalue weighted by molar-refractivity contribution is 7.90. The van der Waals surface area contributed by atoms with Gasteiger partial charge in [0.25, 0.3) is 0 Å². The number of ether oxygens (including phenoxy) is 1. The number of halogens is 2. The van der Waals surface area contributed by atoms with Gasteiger partial charge in [-0.1, -0.05) is 23.7 Å². The van der Waals surface area contributed by atoms with Crippen molar-refractivity contribution in [3.05, 3.63) is 101 Å². The summed E-state index contributed by atoms with van der Waals surface area (Å²) in [5.41, 5.74) is 3.17. The Balaban J connectivity index is 1.26. The van der Waals surface area contributed by atoms with Crippen LogP contribution in [-0.4, -0.2) is 43.5 Å². The van der Waals surface area contributed by atoms with Gasteiger partial charge in [0.1, 0.15) is 45.1 Å². The molecule has 0 aliphatic carbocycles. The predicted octanol–water partition coefficient (Wildman–Crippen LogP) is 6.18. The number of benzene rings is 3. The number of aromatic nitrogens is 2. The van der Waals surface area contributed by atoms with E-state index in [-0.39, 0.29) is 11.6 Å². The monoisotopic (exact) mass is 594 g/mol. The second-order valence-corrected chi connectivity index (χ2v) is 12.2. The van der Waals surface area contributed by atoms with E-state index in [0.717, 1.165) is 27.7 Å². The first-order chi connectivity index (χ1) is 19.7. The van der Waals surface area contributed by atoms with Crippen molar-refractivity contribution in [1.82, 2.24) is 15.3 Å². The van der Waals surface area contributed by atoms with E-state index in [9.17, 15) is 12.8 Å². The minimum Gasteiger partial charge on any atom is -0.492 e. The minimum atomic E-state index is -3.02. The molecule has 2 N–H and O–H groups in total. The van der Waals surface area contributed by atoms with Gasteiger partial charge in [0.15, 0.2) is 0 Å². The fourth-order valence-electron chi connectivity index (χ4n) is 4.21. The Bertz CT molecular complexity index is 1780. The number of furan rings is 1. The van der Waals surface area contributed by atoms with Gasteiger partial charge in [-0.15, -0.1) is 0 Å². The van der Waals surface area contributed by atoms with Crippen molar-refractivity contribution in [3.63, 3.8) is 0 Å². The Hall–Kier alpha value is -3.99. The van der Waals surface area contributed by atoms with Gasteiger partial charge in [-0.2, -0.15) is 0 Å². The van der Waals surface area contributed by atoms with Gasteiger partial charge < -0.3 is 19.8 Å². The highest BCUT2D eigenvalue weighted by Gasteiger charge is 2.11. The van der Waals surface area contributed by atoms with Crippen molar-refractivity contribution in [2.45, 2.75) is 13.0 Å². The lowest BCUT2D eigenvalue weighted by Gasteiger charge is -2.12. The molecule has 0 amide bonds. The van der Waals surface area contributed by atoms with Gasteiger partial charge in [-0.3, -0.25) is 0 Å². The number of sulfone groups is 1. The van der Waals surface area contributed by atoms with Crippen LogP contribution in [0, 0.1) is 5.82 Å². The molecule has 5 aromatic rings. The van der Waals surface area contributed by atoms with Crippen LogP contribution >= 0.6 is 11.6 Å². The third-order valence-corrected chi connectivity index (χ3v) is 7.50. The van der Waals surface area contributed by atoms with Crippen LogP contribution < -0.4 is 15.4 Å².